The molecule has 2 atom stereocenters. The number of carbonyl (C=O) groups is 1. The Hall–Kier alpha value is -0.720. The molecule has 0 spiro atoms. The lowest BCUT2D eigenvalue weighted by atomic mass is 9.89. The molecule has 2 N–H and O–H groups in total. The molecule has 7 heteroatoms. The van der Waals surface area contributed by atoms with Crippen LogP contribution in [-0.2, 0) is 16.8 Å². The van der Waals surface area contributed by atoms with Gasteiger partial charge >= 0.3 is 0 Å². The number of rotatable bonds is 4. The van der Waals surface area contributed by atoms with Crippen molar-refractivity contribution >= 4 is 29.7 Å². The Morgan fingerprint density at radius 1 is 1.26 bits per heavy atom. The number of fused-ring (bicyclic) bond motifs is 2. The average Bonchev–Trinajstić information content (AvgIpc) is 3.03. The molecule has 0 aliphatic carbocycles. The van der Waals surface area contributed by atoms with Crippen LogP contribution in [0.15, 0.2) is 0 Å². The number of amides is 1. The third-order valence-electron chi connectivity index (χ3n) is 4.59. The van der Waals surface area contributed by atoms with Crippen LogP contribution in [0.1, 0.15) is 62.9 Å². The van der Waals surface area contributed by atoms with E-state index in [9.17, 15) is 4.79 Å². The predicted octanol–water partition coefficient (Wildman–Crippen LogP) is 2.79. The summed E-state index contributed by atoms with van der Waals surface area (Å²) in [4.78, 5) is 12.1. The van der Waals surface area contributed by atoms with Crippen LogP contribution in [0.5, 0.6) is 0 Å². The molecule has 0 saturated carbocycles. The highest BCUT2D eigenvalue weighted by molar-refractivity contribution is 7.11. The molecule has 2 aliphatic heterocycles. The number of hydrogen-bond acceptors (Lipinski definition) is 5. The number of halogens is 1. The van der Waals surface area contributed by atoms with Crippen LogP contribution < -0.4 is 10.6 Å². The third-order valence-corrected chi connectivity index (χ3v) is 5.94. The topological polar surface area (TPSA) is 66.9 Å². The molecular weight excluding hydrogens is 332 g/mol. The normalized spacial score (nSPS) is 26.7. The van der Waals surface area contributed by atoms with Gasteiger partial charge in [-0.2, -0.15) is 0 Å². The minimum Gasteiger partial charge on any atom is -0.350 e. The standard InChI is InChI=1S/C16H26N4OS.ClH/c1-16(2,3)15-20-19-14(22-15)9-17-13(21)8-10-6-11-4-5-12(7-10)18-11;/h10-12,18H,4-9H2,1-3H3,(H,17,21);1H. The highest BCUT2D eigenvalue weighted by atomic mass is 35.5. The van der Waals surface area contributed by atoms with E-state index < -0.39 is 0 Å². The predicted molar refractivity (Wildman–Crippen MR) is 95.0 cm³/mol. The van der Waals surface area contributed by atoms with E-state index >= 15 is 0 Å². The van der Waals surface area contributed by atoms with Crippen molar-refractivity contribution in [3.05, 3.63) is 10.0 Å². The van der Waals surface area contributed by atoms with Crippen molar-refractivity contribution in [3.8, 4) is 0 Å². The minimum absolute atomic E-state index is 0. The number of hydrogen-bond donors (Lipinski definition) is 2. The summed E-state index contributed by atoms with van der Waals surface area (Å²) in [6.07, 6.45) is 5.51. The molecule has 2 fully saturated rings. The van der Waals surface area contributed by atoms with Crippen molar-refractivity contribution in [2.24, 2.45) is 5.92 Å². The van der Waals surface area contributed by atoms with E-state index in [1.165, 1.54) is 12.8 Å². The van der Waals surface area contributed by atoms with E-state index in [0.717, 1.165) is 22.9 Å². The van der Waals surface area contributed by atoms with Gasteiger partial charge in [0.25, 0.3) is 0 Å². The maximum absolute atomic E-state index is 12.1. The van der Waals surface area contributed by atoms with Gasteiger partial charge in [-0.25, -0.2) is 0 Å². The van der Waals surface area contributed by atoms with Crippen molar-refractivity contribution in [3.63, 3.8) is 0 Å². The van der Waals surface area contributed by atoms with Crippen molar-refractivity contribution in [1.82, 2.24) is 20.8 Å². The van der Waals surface area contributed by atoms with E-state index in [1.54, 1.807) is 11.3 Å². The van der Waals surface area contributed by atoms with Gasteiger partial charge in [0.1, 0.15) is 10.0 Å². The van der Waals surface area contributed by atoms with Gasteiger partial charge in [0, 0.05) is 23.9 Å². The summed E-state index contributed by atoms with van der Waals surface area (Å²) in [5, 5.41) is 16.9. The summed E-state index contributed by atoms with van der Waals surface area (Å²) in [5.41, 5.74) is 0.0221. The summed E-state index contributed by atoms with van der Waals surface area (Å²) < 4.78 is 0. The molecule has 1 aromatic heterocycles. The average molecular weight is 359 g/mol. The number of nitrogens with one attached hydrogen (secondary N) is 2. The van der Waals surface area contributed by atoms with Crippen molar-refractivity contribution in [1.29, 1.82) is 0 Å². The largest absolute Gasteiger partial charge is 0.350 e. The summed E-state index contributed by atoms with van der Waals surface area (Å²) in [6, 6.07) is 1.29. The van der Waals surface area contributed by atoms with Gasteiger partial charge in [-0.15, -0.1) is 22.6 Å². The van der Waals surface area contributed by atoms with Crippen LogP contribution in [0.25, 0.3) is 0 Å². The number of carbonyl (C=O) groups excluding carboxylic acids is 1. The summed E-state index contributed by atoms with van der Waals surface area (Å²) in [7, 11) is 0. The molecule has 3 heterocycles. The van der Waals surface area contributed by atoms with E-state index in [0.29, 0.717) is 31.0 Å². The van der Waals surface area contributed by atoms with E-state index in [2.05, 4.69) is 41.6 Å². The van der Waals surface area contributed by atoms with Crippen LogP contribution in [0.2, 0.25) is 0 Å². The first-order valence-corrected chi connectivity index (χ1v) is 9.07. The second-order valence-corrected chi connectivity index (χ2v) is 8.77. The monoisotopic (exact) mass is 358 g/mol. The Balaban J connectivity index is 0.00000192. The van der Waals surface area contributed by atoms with Crippen molar-refractivity contribution in [2.45, 2.75) is 76.9 Å². The van der Waals surface area contributed by atoms with E-state index in [-0.39, 0.29) is 23.7 Å². The van der Waals surface area contributed by atoms with Crippen molar-refractivity contribution in [2.75, 3.05) is 0 Å². The summed E-state index contributed by atoms with van der Waals surface area (Å²) in [5.74, 6) is 0.692. The lowest BCUT2D eigenvalue weighted by molar-refractivity contribution is -0.122. The second kappa shape index (κ2) is 7.45. The van der Waals surface area contributed by atoms with Crippen LogP contribution in [0, 0.1) is 5.92 Å². The molecule has 0 aromatic carbocycles. The Morgan fingerprint density at radius 3 is 2.48 bits per heavy atom. The van der Waals surface area contributed by atoms with E-state index in [4.69, 9.17) is 0 Å². The molecule has 130 valence electrons. The van der Waals surface area contributed by atoms with Gasteiger partial charge in [0.05, 0.1) is 6.54 Å². The molecular formula is C16H27ClN4OS. The Labute approximate surface area is 148 Å². The fraction of sp³-hybridized carbons (Fsp3) is 0.812. The Kier molecular flexibility index (Phi) is 6.03. The zero-order valence-electron chi connectivity index (χ0n) is 14.1. The number of piperidine rings is 1. The quantitative estimate of drug-likeness (QED) is 0.868. The SMILES string of the molecule is CC(C)(C)c1nnc(CNC(=O)CC2CC3CCC(C2)N3)s1.Cl. The van der Waals surface area contributed by atoms with Gasteiger partial charge in [-0.1, -0.05) is 32.1 Å². The first-order valence-electron chi connectivity index (χ1n) is 8.26. The first-order chi connectivity index (χ1) is 10.4. The zero-order valence-corrected chi connectivity index (χ0v) is 15.7. The Morgan fingerprint density at radius 2 is 1.91 bits per heavy atom. The zero-order chi connectivity index (χ0) is 15.7. The smallest absolute Gasteiger partial charge is 0.220 e. The van der Waals surface area contributed by atoms with Crippen molar-refractivity contribution < 1.29 is 4.79 Å². The van der Waals surface area contributed by atoms with Gasteiger partial charge < -0.3 is 10.6 Å². The van der Waals surface area contributed by atoms with Crippen LogP contribution in [-0.4, -0.2) is 28.2 Å². The molecule has 2 saturated heterocycles. The molecule has 0 radical (unpaired) electrons. The fourth-order valence-electron chi connectivity index (χ4n) is 3.48. The highest BCUT2D eigenvalue weighted by Gasteiger charge is 2.34. The summed E-state index contributed by atoms with van der Waals surface area (Å²) in [6.45, 7) is 6.88. The van der Waals surface area contributed by atoms with Gasteiger partial charge in [-0.05, 0) is 31.6 Å². The maximum Gasteiger partial charge on any atom is 0.220 e. The molecule has 1 amide bonds. The van der Waals surface area contributed by atoms with Crippen LogP contribution >= 0.6 is 23.7 Å². The number of nitrogens with zero attached hydrogens (tertiary/aromatic N) is 2. The molecule has 2 bridgehead atoms. The first kappa shape index (κ1) is 18.6. The maximum atomic E-state index is 12.1. The van der Waals surface area contributed by atoms with Crippen LogP contribution in [0.3, 0.4) is 0 Å². The van der Waals surface area contributed by atoms with Gasteiger partial charge in [0.15, 0.2) is 0 Å². The van der Waals surface area contributed by atoms with Gasteiger partial charge in [-0.3, -0.25) is 4.79 Å². The second-order valence-electron chi connectivity index (χ2n) is 7.71. The molecule has 5 nitrogen and oxygen atoms in total. The lowest BCUT2D eigenvalue weighted by Gasteiger charge is -2.28. The molecule has 2 aliphatic rings. The molecule has 1 aromatic rings. The minimum atomic E-state index is 0. The molecule has 23 heavy (non-hydrogen) atoms. The summed E-state index contributed by atoms with van der Waals surface area (Å²) >= 11 is 1.59. The molecule has 3 rings (SSSR count). The lowest BCUT2D eigenvalue weighted by Crippen LogP contribution is -2.39. The number of aromatic nitrogens is 2. The highest BCUT2D eigenvalue weighted by Crippen LogP contribution is 2.32. The third kappa shape index (κ3) is 4.88. The van der Waals surface area contributed by atoms with Crippen LogP contribution in [0.4, 0.5) is 0 Å². The fourth-order valence-corrected chi connectivity index (χ4v) is 4.32. The van der Waals surface area contributed by atoms with Gasteiger partial charge in [0.2, 0.25) is 5.91 Å². The van der Waals surface area contributed by atoms with E-state index in [1.807, 2.05) is 0 Å². The molecule has 2 unspecified atom stereocenters. The Bertz CT molecular complexity index is 530.